The van der Waals surface area contributed by atoms with Crippen LogP contribution in [0.25, 0.3) is 0 Å². The van der Waals surface area contributed by atoms with Gasteiger partial charge in [-0.25, -0.2) is 0 Å². The largest absolute Gasteiger partial charge is 0.496 e. The van der Waals surface area contributed by atoms with Crippen molar-refractivity contribution in [3.05, 3.63) is 26.7 Å². The third-order valence-electron chi connectivity index (χ3n) is 3.81. The van der Waals surface area contributed by atoms with E-state index in [0.717, 1.165) is 12.2 Å². The average Bonchev–Trinajstić information content (AvgIpc) is 2.38. The molecule has 1 aromatic rings. The highest BCUT2D eigenvalue weighted by Gasteiger charge is 2.24. The second kappa shape index (κ2) is 6.73. The first-order valence-corrected chi connectivity index (χ1v) is 7.35. The molecule has 0 aliphatic heterocycles. The second-order valence-electron chi connectivity index (χ2n) is 5.19. The molecule has 2 N–H and O–H groups in total. The van der Waals surface area contributed by atoms with Crippen molar-refractivity contribution >= 4 is 15.9 Å². The number of hydrogen-bond acceptors (Lipinski definition) is 3. The van der Waals surface area contributed by atoms with Crippen molar-refractivity contribution in [3.8, 4) is 5.75 Å². The zero-order valence-electron chi connectivity index (χ0n) is 12.8. The quantitative estimate of drug-likeness (QED) is 0.900. The monoisotopic (exact) mass is 328 g/mol. The molecule has 0 spiro atoms. The third kappa shape index (κ3) is 3.12. The maximum Gasteiger partial charge on any atom is 0.127 e. The van der Waals surface area contributed by atoms with Crippen LogP contribution in [0.15, 0.2) is 4.47 Å². The van der Waals surface area contributed by atoms with Crippen molar-refractivity contribution < 1.29 is 4.74 Å². The fraction of sp³-hybridized carbons (Fsp3) is 0.600. The molecule has 0 heterocycles. The topological polar surface area (TPSA) is 38.5 Å². The smallest absolute Gasteiger partial charge is 0.127 e. The van der Waals surface area contributed by atoms with E-state index in [0.29, 0.717) is 6.54 Å². The molecule has 4 heteroatoms. The lowest BCUT2D eigenvalue weighted by Gasteiger charge is -2.29. The first-order chi connectivity index (χ1) is 8.86. The average molecular weight is 329 g/mol. The molecule has 1 unspecified atom stereocenters. The summed E-state index contributed by atoms with van der Waals surface area (Å²) in [7, 11) is 5.92. The zero-order chi connectivity index (χ0) is 14.7. The van der Waals surface area contributed by atoms with E-state index in [-0.39, 0.29) is 6.04 Å². The summed E-state index contributed by atoms with van der Waals surface area (Å²) in [6, 6.07) is 0.274. The van der Waals surface area contributed by atoms with Gasteiger partial charge in [0.25, 0.3) is 0 Å². The summed E-state index contributed by atoms with van der Waals surface area (Å²) in [6.07, 6.45) is 0.916. The van der Waals surface area contributed by atoms with Crippen LogP contribution in [0.5, 0.6) is 5.75 Å². The Kier molecular flexibility index (Phi) is 5.83. The van der Waals surface area contributed by atoms with Crippen LogP contribution in [0.4, 0.5) is 0 Å². The van der Waals surface area contributed by atoms with Gasteiger partial charge in [0, 0.05) is 16.1 Å². The predicted octanol–water partition coefficient (Wildman–Crippen LogP) is 3.33. The predicted molar refractivity (Wildman–Crippen MR) is 85.0 cm³/mol. The molecule has 0 saturated heterocycles. The summed E-state index contributed by atoms with van der Waals surface area (Å²) in [5, 5.41) is 0. The summed E-state index contributed by atoms with van der Waals surface area (Å²) >= 11 is 3.71. The minimum Gasteiger partial charge on any atom is -0.496 e. The number of nitrogens with two attached hydrogens (primary N) is 1. The molecule has 0 bridgehead atoms. The SMILES string of the molecule is COc1c(C)c(C)c(Br)c(C)c1C(CCN)N(C)C. The number of ether oxygens (including phenoxy) is 1. The highest BCUT2D eigenvalue weighted by atomic mass is 79.9. The molecular weight excluding hydrogens is 304 g/mol. The molecule has 0 fully saturated rings. The standard InChI is InChI=1S/C15H25BrN2O/c1-9-10(2)15(19-6)13(11(3)14(9)16)12(7-8-17)18(4)5/h12H,7-8,17H2,1-6H3. The normalized spacial score (nSPS) is 12.9. The van der Waals surface area contributed by atoms with E-state index >= 15 is 0 Å². The van der Waals surface area contributed by atoms with E-state index in [1.54, 1.807) is 7.11 Å². The van der Waals surface area contributed by atoms with Gasteiger partial charge in [0.05, 0.1) is 7.11 Å². The number of methoxy groups -OCH3 is 1. The number of nitrogens with zero attached hydrogens (tertiary/aromatic N) is 1. The van der Waals surface area contributed by atoms with Gasteiger partial charge in [-0.05, 0) is 64.5 Å². The first-order valence-electron chi connectivity index (χ1n) is 6.56. The van der Waals surface area contributed by atoms with Gasteiger partial charge in [-0.3, -0.25) is 0 Å². The van der Waals surface area contributed by atoms with Crippen molar-refractivity contribution in [2.75, 3.05) is 27.7 Å². The molecule has 0 radical (unpaired) electrons. The second-order valence-corrected chi connectivity index (χ2v) is 5.99. The summed E-state index contributed by atoms with van der Waals surface area (Å²) in [5.74, 6) is 0.991. The van der Waals surface area contributed by atoms with Crippen LogP contribution < -0.4 is 10.5 Å². The fourth-order valence-electron chi connectivity index (χ4n) is 2.59. The van der Waals surface area contributed by atoms with Crippen LogP contribution in [0.2, 0.25) is 0 Å². The number of benzene rings is 1. The molecule has 0 aliphatic carbocycles. The van der Waals surface area contributed by atoms with Crippen molar-refractivity contribution in [1.82, 2.24) is 4.90 Å². The van der Waals surface area contributed by atoms with Crippen LogP contribution >= 0.6 is 15.9 Å². The molecule has 108 valence electrons. The van der Waals surface area contributed by atoms with E-state index < -0.39 is 0 Å². The zero-order valence-corrected chi connectivity index (χ0v) is 14.4. The van der Waals surface area contributed by atoms with Gasteiger partial charge in [0.1, 0.15) is 5.75 Å². The highest BCUT2D eigenvalue weighted by molar-refractivity contribution is 9.10. The van der Waals surface area contributed by atoms with Gasteiger partial charge in [-0.15, -0.1) is 0 Å². The van der Waals surface area contributed by atoms with Crippen LogP contribution in [0.3, 0.4) is 0 Å². The lowest BCUT2D eigenvalue weighted by atomic mass is 9.92. The van der Waals surface area contributed by atoms with Gasteiger partial charge in [-0.2, -0.15) is 0 Å². The van der Waals surface area contributed by atoms with Crippen molar-refractivity contribution in [2.24, 2.45) is 5.73 Å². The molecular formula is C15H25BrN2O. The fourth-order valence-corrected chi connectivity index (χ4v) is 3.10. The van der Waals surface area contributed by atoms with Gasteiger partial charge in [-0.1, -0.05) is 15.9 Å². The molecule has 1 aromatic carbocycles. The van der Waals surface area contributed by atoms with Gasteiger partial charge >= 0.3 is 0 Å². The van der Waals surface area contributed by atoms with Gasteiger partial charge in [0.15, 0.2) is 0 Å². The van der Waals surface area contributed by atoms with Crippen LogP contribution in [0.1, 0.15) is 34.7 Å². The Morgan fingerprint density at radius 1 is 1.16 bits per heavy atom. The lowest BCUT2D eigenvalue weighted by molar-refractivity contribution is 0.276. The maximum atomic E-state index is 5.77. The van der Waals surface area contributed by atoms with Crippen molar-refractivity contribution in [3.63, 3.8) is 0 Å². The minimum absolute atomic E-state index is 0.274. The molecule has 3 nitrogen and oxygen atoms in total. The summed E-state index contributed by atoms with van der Waals surface area (Å²) < 4.78 is 6.85. The Hall–Kier alpha value is -0.580. The summed E-state index contributed by atoms with van der Waals surface area (Å²) in [6.45, 7) is 7.03. The Labute approximate surface area is 125 Å². The van der Waals surface area contributed by atoms with E-state index in [1.807, 2.05) is 0 Å². The molecule has 1 atom stereocenters. The van der Waals surface area contributed by atoms with Crippen LogP contribution in [-0.4, -0.2) is 32.6 Å². The maximum absolute atomic E-state index is 5.77. The molecule has 0 saturated carbocycles. The minimum atomic E-state index is 0.274. The number of rotatable bonds is 5. The molecule has 1 rings (SSSR count). The van der Waals surface area contributed by atoms with E-state index in [1.165, 1.54) is 26.7 Å². The Morgan fingerprint density at radius 2 is 1.74 bits per heavy atom. The van der Waals surface area contributed by atoms with Gasteiger partial charge < -0.3 is 15.4 Å². The van der Waals surface area contributed by atoms with Crippen molar-refractivity contribution in [1.29, 1.82) is 0 Å². The summed E-state index contributed by atoms with van der Waals surface area (Å²) in [5.41, 5.74) is 10.7. The first kappa shape index (κ1) is 16.5. The van der Waals surface area contributed by atoms with Gasteiger partial charge in [0.2, 0.25) is 0 Å². The Balaban J connectivity index is 3.55. The number of hydrogen-bond donors (Lipinski definition) is 1. The molecule has 19 heavy (non-hydrogen) atoms. The van der Waals surface area contributed by atoms with Crippen LogP contribution in [-0.2, 0) is 0 Å². The Morgan fingerprint density at radius 3 is 2.16 bits per heavy atom. The molecule has 0 amide bonds. The van der Waals surface area contributed by atoms with Crippen molar-refractivity contribution in [2.45, 2.75) is 33.2 Å². The highest BCUT2D eigenvalue weighted by Crippen LogP contribution is 2.41. The van der Waals surface area contributed by atoms with E-state index in [9.17, 15) is 0 Å². The Bertz CT molecular complexity index is 458. The van der Waals surface area contributed by atoms with E-state index in [4.69, 9.17) is 10.5 Å². The van der Waals surface area contributed by atoms with Crippen LogP contribution in [0, 0.1) is 20.8 Å². The molecule has 0 aromatic heterocycles. The summed E-state index contributed by atoms with van der Waals surface area (Å²) in [4.78, 5) is 2.21. The number of halogens is 1. The lowest BCUT2D eigenvalue weighted by Crippen LogP contribution is -2.24. The third-order valence-corrected chi connectivity index (χ3v) is 5.00. The van der Waals surface area contributed by atoms with E-state index in [2.05, 4.69) is 55.7 Å². The molecule has 0 aliphatic rings.